The summed E-state index contributed by atoms with van der Waals surface area (Å²) in [6, 6.07) is 7.47. The van der Waals surface area contributed by atoms with E-state index in [1.165, 1.54) is 6.42 Å². The summed E-state index contributed by atoms with van der Waals surface area (Å²) in [6.45, 7) is 1.98. The fourth-order valence-electron chi connectivity index (χ4n) is 4.22. The zero-order chi connectivity index (χ0) is 16.6. The van der Waals surface area contributed by atoms with Crippen molar-refractivity contribution in [3.05, 3.63) is 34.9 Å². The lowest BCUT2D eigenvalue weighted by atomic mass is 9.72. The van der Waals surface area contributed by atoms with Gasteiger partial charge in [0, 0.05) is 36.0 Å². The number of ether oxygens (including phenoxy) is 1. The molecule has 0 spiro atoms. The number of carbonyl (C=O) groups is 1. The summed E-state index contributed by atoms with van der Waals surface area (Å²) in [5.74, 6) is 0.542. The molecule has 2 unspecified atom stereocenters. The van der Waals surface area contributed by atoms with Crippen molar-refractivity contribution < 1.29 is 15.0 Å². The van der Waals surface area contributed by atoms with Crippen LogP contribution in [0.3, 0.4) is 0 Å². The number of nitrogens with zero attached hydrogens (tertiary/aromatic N) is 2. The Kier molecular flexibility index (Phi) is 10.5. The Hall–Kier alpha value is -0.560. The molecular formula is C18H29Cl3N2O3. The number of halogens is 3. The van der Waals surface area contributed by atoms with Crippen LogP contribution in [0, 0.1) is 11.8 Å². The van der Waals surface area contributed by atoms with Crippen molar-refractivity contribution in [2.75, 3.05) is 34.2 Å². The normalized spacial score (nSPS) is 27.6. The molecule has 3 rings (SSSR count). The zero-order valence-electron chi connectivity index (χ0n) is 15.4. The molecule has 1 heterocycles. The van der Waals surface area contributed by atoms with Gasteiger partial charge in [-0.3, -0.25) is 0 Å². The number of hydrogen-bond acceptors (Lipinski definition) is 4. The molecule has 1 saturated carbocycles. The molecule has 1 saturated heterocycles. The summed E-state index contributed by atoms with van der Waals surface area (Å²) >= 11 is 5.99. The van der Waals surface area contributed by atoms with Gasteiger partial charge in [-0.15, -0.1) is 24.8 Å². The van der Waals surface area contributed by atoms with Gasteiger partial charge >= 0.3 is 5.97 Å². The predicted molar refractivity (Wildman–Crippen MR) is 110 cm³/mol. The van der Waals surface area contributed by atoms with Crippen molar-refractivity contribution in [2.45, 2.75) is 25.0 Å². The van der Waals surface area contributed by atoms with Gasteiger partial charge in [0.15, 0.2) is 0 Å². The predicted octanol–water partition coefficient (Wildman–Crippen LogP) is 2.79. The largest absolute Gasteiger partial charge is 0.458 e. The molecule has 5 nitrogen and oxygen atoms in total. The van der Waals surface area contributed by atoms with Gasteiger partial charge in [-0.1, -0.05) is 17.7 Å². The maximum Gasteiger partial charge on any atom is 0.338 e. The van der Waals surface area contributed by atoms with Crippen LogP contribution in [0.25, 0.3) is 0 Å². The van der Waals surface area contributed by atoms with Crippen LogP contribution in [0.2, 0.25) is 5.02 Å². The number of rotatable bonds is 3. The van der Waals surface area contributed by atoms with Gasteiger partial charge < -0.3 is 20.0 Å². The van der Waals surface area contributed by atoms with E-state index in [1.54, 1.807) is 24.3 Å². The van der Waals surface area contributed by atoms with Crippen LogP contribution >= 0.6 is 36.4 Å². The molecule has 150 valence electrons. The van der Waals surface area contributed by atoms with E-state index in [2.05, 4.69) is 30.9 Å². The second kappa shape index (κ2) is 10.7. The fourth-order valence-corrected chi connectivity index (χ4v) is 4.41. The molecule has 26 heavy (non-hydrogen) atoms. The second-order valence-electron chi connectivity index (χ2n) is 7.13. The van der Waals surface area contributed by atoms with E-state index in [0.717, 1.165) is 19.5 Å². The summed E-state index contributed by atoms with van der Waals surface area (Å²) in [6.07, 6.45) is 2.29. The number of fused-ring (bicyclic) bond motifs is 2. The maximum absolute atomic E-state index is 12.5. The lowest BCUT2D eigenvalue weighted by Gasteiger charge is -2.50. The third-order valence-corrected chi connectivity index (χ3v) is 5.48. The molecule has 2 fully saturated rings. The van der Waals surface area contributed by atoms with Gasteiger partial charge in [0.1, 0.15) is 6.10 Å². The van der Waals surface area contributed by atoms with Gasteiger partial charge in [0.05, 0.1) is 5.56 Å². The lowest BCUT2D eigenvalue weighted by Crippen LogP contribution is -2.59. The molecule has 2 N–H and O–H groups in total. The molecule has 0 radical (unpaired) electrons. The Labute approximate surface area is 173 Å². The second-order valence-corrected chi connectivity index (χ2v) is 7.57. The monoisotopic (exact) mass is 426 g/mol. The lowest BCUT2D eigenvalue weighted by molar-refractivity contribution is -0.0873. The van der Waals surface area contributed by atoms with Crippen LogP contribution in [-0.4, -0.2) is 67.6 Å². The Morgan fingerprint density at radius 1 is 1.23 bits per heavy atom. The molecule has 2 bridgehead atoms. The van der Waals surface area contributed by atoms with Crippen molar-refractivity contribution in [3.8, 4) is 0 Å². The quantitative estimate of drug-likeness (QED) is 0.696. The topological polar surface area (TPSA) is 64.3 Å². The maximum atomic E-state index is 12.5. The smallest absolute Gasteiger partial charge is 0.338 e. The van der Waals surface area contributed by atoms with E-state index in [0.29, 0.717) is 28.5 Å². The molecule has 1 aliphatic heterocycles. The highest BCUT2D eigenvalue weighted by Gasteiger charge is 2.46. The minimum atomic E-state index is -0.253. The van der Waals surface area contributed by atoms with Gasteiger partial charge in [-0.25, -0.2) is 4.79 Å². The minimum Gasteiger partial charge on any atom is -0.458 e. The number of likely N-dealkylation sites (tertiary alicyclic amines) is 1. The van der Waals surface area contributed by atoms with Crippen molar-refractivity contribution in [3.63, 3.8) is 0 Å². The Morgan fingerprint density at radius 2 is 1.92 bits per heavy atom. The molecule has 4 atom stereocenters. The third-order valence-electron chi connectivity index (χ3n) is 5.25. The average molecular weight is 428 g/mol. The molecule has 1 aliphatic carbocycles. The molecule has 1 aromatic carbocycles. The first-order valence-electron chi connectivity index (χ1n) is 8.27. The SMILES string of the molecule is CN1CC2CC[C@@H](N(C)C)C(C1)[C@@H]2OC(=O)c1cccc(Cl)c1.Cl.Cl.O. The van der Waals surface area contributed by atoms with Crippen molar-refractivity contribution in [2.24, 2.45) is 11.8 Å². The number of carbonyl (C=O) groups excluding carboxylic acids is 1. The molecule has 0 aromatic heterocycles. The standard InChI is InChI=1S/C18H25ClN2O2.2ClH.H2O/c1-20(2)16-8-7-13-10-21(3)11-15(16)17(13)23-18(22)12-5-4-6-14(19)9-12;;;/h4-6,9,13,15-17H,7-8,10-11H2,1-3H3;2*1H;1H2/t13?,15?,16-,17-;;;/m1.../s1. The minimum absolute atomic E-state index is 0. The van der Waals surface area contributed by atoms with Crippen LogP contribution in [0.4, 0.5) is 0 Å². The van der Waals surface area contributed by atoms with E-state index >= 15 is 0 Å². The highest BCUT2D eigenvalue weighted by atomic mass is 35.5. The van der Waals surface area contributed by atoms with Gasteiger partial charge in [0.2, 0.25) is 0 Å². The first kappa shape index (κ1) is 25.4. The van der Waals surface area contributed by atoms with Crippen molar-refractivity contribution >= 4 is 42.4 Å². The van der Waals surface area contributed by atoms with Crippen molar-refractivity contribution in [1.82, 2.24) is 9.80 Å². The number of benzene rings is 1. The Morgan fingerprint density at radius 3 is 2.54 bits per heavy atom. The van der Waals surface area contributed by atoms with Crippen LogP contribution in [0.5, 0.6) is 0 Å². The third kappa shape index (κ3) is 5.47. The first-order valence-corrected chi connectivity index (χ1v) is 8.65. The van der Waals surface area contributed by atoms with Crippen molar-refractivity contribution in [1.29, 1.82) is 0 Å². The van der Waals surface area contributed by atoms with E-state index in [4.69, 9.17) is 16.3 Å². The van der Waals surface area contributed by atoms with Crippen LogP contribution < -0.4 is 0 Å². The van der Waals surface area contributed by atoms with Gasteiger partial charge in [-0.05, 0) is 52.2 Å². The zero-order valence-corrected chi connectivity index (χ0v) is 17.7. The number of hydrogen-bond donors (Lipinski definition) is 0. The number of piperidine rings is 1. The summed E-state index contributed by atoms with van der Waals surface area (Å²) in [5, 5.41) is 0.564. The summed E-state index contributed by atoms with van der Waals surface area (Å²) in [5.41, 5.74) is 0.538. The Balaban J connectivity index is 0.00000208. The highest BCUT2D eigenvalue weighted by molar-refractivity contribution is 6.30. The van der Waals surface area contributed by atoms with E-state index < -0.39 is 0 Å². The molecular weight excluding hydrogens is 399 g/mol. The van der Waals surface area contributed by atoms with Crippen LogP contribution in [-0.2, 0) is 4.74 Å². The highest BCUT2D eigenvalue weighted by Crippen LogP contribution is 2.38. The molecule has 8 heteroatoms. The van der Waals surface area contributed by atoms with E-state index in [9.17, 15) is 4.79 Å². The van der Waals surface area contributed by atoms with Crippen LogP contribution in [0.1, 0.15) is 23.2 Å². The first-order chi connectivity index (χ1) is 11.0. The number of esters is 1. The fraction of sp³-hybridized carbons (Fsp3) is 0.611. The summed E-state index contributed by atoms with van der Waals surface area (Å²) < 4.78 is 5.98. The molecule has 0 amide bonds. The van der Waals surface area contributed by atoms with Gasteiger partial charge in [0.25, 0.3) is 0 Å². The average Bonchev–Trinajstić information content (AvgIpc) is 2.48. The van der Waals surface area contributed by atoms with Gasteiger partial charge in [-0.2, -0.15) is 0 Å². The molecule has 1 aromatic rings. The Bertz CT molecular complexity index is 589. The van der Waals surface area contributed by atoms with E-state index in [1.807, 2.05) is 0 Å². The van der Waals surface area contributed by atoms with Crippen LogP contribution in [0.15, 0.2) is 24.3 Å². The summed E-state index contributed by atoms with van der Waals surface area (Å²) in [4.78, 5) is 17.2. The summed E-state index contributed by atoms with van der Waals surface area (Å²) in [7, 11) is 6.40. The van der Waals surface area contributed by atoms with E-state index in [-0.39, 0.29) is 42.4 Å². The molecule has 2 aliphatic rings.